The quantitative estimate of drug-likeness (QED) is 0.184. The molecule has 6 N–H and O–H groups in total. The first-order valence-electron chi connectivity index (χ1n) is 16.5. The number of amides is 2. The summed E-state index contributed by atoms with van der Waals surface area (Å²) >= 11 is 0. The van der Waals surface area contributed by atoms with Crippen LogP contribution >= 0.6 is 0 Å². The Morgan fingerprint density at radius 3 is 1.56 bits per heavy atom. The Kier molecular flexibility index (Phi) is 8.58. The Bertz CT molecular complexity index is 2480. The number of nitrogens with two attached hydrogens (primary N) is 2. The second-order valence-electron chi connectivity index (χ2n) is 12.5. The van der Waals surface area contributed by atoms with E-state index in [0.717, 1.165) is 24.0 Å². The lowest BCUT2D eigenvalue weighted by atomic mass is 9.97. The molecule has 2 amide bonds. The Hall–Kier alpha value is -6.70. The number of ether oxygens (including phenoxy) is 2. The molecule has 4 bridgehead atoms. The molecular formula is C38H34N6O8. The number of carboxylic acids is 2. The number of rotatable bonds is 6. The van der Waals surface area contributed by atoms with Gasteiger partial charge in [-0.1, -0.05) is 18.2 Å². The first-order chi connectivity index (χ1) is 25.0. The molecule has 0 atom stereocenters. The van der Waals surface area contributed by atoms with Gasteiger partial charge < -0.3 is 40.3 Å². The lowest BCUT2D eigenvalue weighted by molar-refractivity contribution is 0.0686. The van der Waals surface area contributed by atoms with Gasteiger partial charge in [0.15, 0.2) is 11.5 Å². The number of aromatic nitrogens is 4. The van der Waals surface area contributed by atoms with Crippen LogP contribution in [0, 0.1) is 0 Å². The van der Waals surface area contributed by atoms with Gasteiger partial charge in [-0.05, 0) is 79.3 Å². The fourth-order valence-corrected chi connectivity index (χ4v) is 7.09. The van der Waals surface area contributed by atoms with Gasteiger partial charge >= 0.3 is 11.9 Å². The molecule has 4 heterocycles. The molecule has 0 unspecified atom stereocenters. The molecule has 0 radical (unpaired) electrons. The third-order valence-corrected chi connectivity index (χ3v) is 9.53. The maximum atomic E-state index is 12.8. The number of carboxylic acid groups (broad SMARTS) is 2. The Labute approximate surface area is 296 Å². The predicted molar refractivity (Wildman–Crippen MR) is 191 cm³/mol. The minimum atomic E-state index is -1.14. The van der Waals surface area contributed by atoms with E-state index in [-0.39, 0.29) is 46.8 Å². The molecule has 0 saturated carbocycles. The fourth-order valence-electron chi connectivity index (χ4n) is 7.09. The second kappa shape index (κ2) is 13.2. The van der Waals surface area contributed by atoms with Crippen LogP contribution in [0.2, 0.25) is 0 Å². The molecule has 14 nitrogen and oxygen atoms in total. The minimum Gasteiger partial charge on any atom is -0.494 e. The van der Waals surface area contributed by atoms with Crippen LogP contribution in [-0.4, -0.2) is 67.3 Å². The van der Waals surface area contributed by atoms with E-state index < -0.39 is 23.8 Å². The molecule has 0 aliphatic carbocycles. The van der Waals surface area contributed by atoms with Crippen molar-refractivity contribution < 1.29 is 38.9 Å². The topological polar surface area (TPSA) is 215 Å². The Morgan fingerprint density at radius 2 is 1.08 bits per heavy atom. The molecule has 14 heteroatoms. The second-order valence-corrected chi connectivity index (χ2v) is 12.5. The van der Waals surface area contributed by atoms with Crippen molar-refractivity contribution in [3.63, 3.8) is 0 Å². The van der Waals surface area contributed by atoms with Crippen LogP contribution in [0.3, 0.4) is 0 Å². The van der Waals surface area contributed by atoms with Crippen molar-refractivity contribution in [1.82, 2.24) is 19.1 Å². The van der Waals surface area contributed by atoms with E-state index in [1.54, 1.807) is 36.4 Å². The van der Waals surface area contributed by atoms with Crippen LogP contribution in [0.5, 0.6) is 11.5 Å². The maximum Gasteiger partial charge on any atom is 0.336 e. The van der Waals surface area contributed by atoms with E-state index in [2.05, 4.69) is 0 Å². The van der Waals surface area contributed by atoms with Crippen molar-refractivity contribution in [1.29, 1.82) is 0 Å². The highest BCUT2D eigenvalue weighted by atomic mass is 16.5. The molecule has 264 valence electrons. The summed E-state index contributed by atoms with van der Waals surface area (Å²) in [5, 5.41) is 20.7. The largest absolute Gasteiger partial charge is 0.494 e. The predicted octanol–water partition coefficient (Wildman–Crippen LogP) is 4.91. The highest BCUT2D eigenvalue weighted by Crippen LogP contribution is 2.38. The lowest BCUT2D eigenvalue weighted by Crippen LogP contribution is -2.14. The van der Waals surface area contributed by atoms with Crippen LogP contribution in [0.15, 0.2) is 60.7 Å². The first-order valence-corrected chi connectivity index (χ1v) is 16.5. The summed E-state index contributed by atoms with van der Waals surface area (Å²) in [6, 6.07) is 16.9. The van der Waals surface area contributed by atoms with Crippen molar-refractivity contribution in [2.75, 3.05) is 14.2 Å². The average Bonchev–Trinajstić information content (AvgIpc) is 3.69. The van der Waals surface area contributed by atoms with E-state index in [0.29, 0.717) is 57.7 Å². The summed E-state index contributed by atoms with van der Waals surface area (Å²) in [6.07, 6.45) is 2.75. The number of methoxy groups -OCH3 is 2. The molecule has 2 aliphatic rings. The zero-order chi connectivity index (χ0) is 36.8. The van der Waals surface area contributed by atoms with Gasteiger partial charge in [0.2, 0.25) is 0 Å². The van der Waals surface area contributed by atoms with Crippen molar-refractivity contribution in [2.24, 2.45) is 11.5 Å². The van der Waals surface area contributed by atoms with E-state index in [1.165, 1.54) is 26.4 Å². The van der Waals surface area contributed by atoms with Gasteiger partial charge in [-0.15, -0.1) is 0 Å². The third kappa shape index (κ3) is 5.63. The zero-order valence-corrected chi connectivity index (χ0v) is 28.3. The normalized spacial score (nSPS) is 13.0. The van der Waals surface area contributed by atoms with Gasteiger partial charge in [-0.3, -0.25) is 9.59 Å². The molecule has 2 aliphatic heterocycles. The van der Waals surface area contributed by atoms with E-state index in [4.69, 9.17) is 30.9 Å². The molecular weight excluding hydrogens is 668 g/mol. The van der Waals surface area contributed by atoms with Crippen molar-refractivity contribution >= 4 is 45.8 Å². The van der Waals surface area contributed by atoms with Gasteiger partial charge in [-0.2, -0.15) is 0 Å². The number of fused-ring (bicyclic) bond motifs is 8. The zero-order valence-electron chi connectivity index (χ0n) is 28.3. The number of imidazole rings is 2. The molecule has 0 spiro atoms. The van der Waals surface area contributed by atoms with Crippen LogP contribution in [-0.2, 0) is 25.9 Å². The summed E-state index contributed by atoms with van der Waals surface area (Å²) in [6.45, 7) is 0.319. The number of aryl methyl sites for hydroxylation is 4. The first kappa shape index (κ1) is 33.8. The lowest BCUT2D eigenvalue weighted by Gasteiger charge is -2.16. The van der Waals surface area contributed by atoms with Crippen LogP contribution < -0.4 is 20.9 Å². The number of aromatic carboxylic acids is 2. The minimum absolute atomic E-state index is 0.0356. The molecule has 0 saturated heterocycles. The number of nitrogens with zero attached hydrogens (tertiary/aromatic N) is 4. The van der Waals surface area contributed by atoms with Crippen LogP contribution in [0.4, 0.5) is 0 Å². The van der Waals surface area contributed by atoms with Gasteiger partial charge in [0.25, 0.3) is 11.8 Å². The number of carbonyl (C=O) groups is 4. The van der Waals surface area contributed by atoms with Gasteiger partial charge in [-0.25, -0.2) is 19.6 Å². The molecule has 2 aromatic heterocycles. The highest BCUT2D eigenvalue weighted by Gasteiger charge is 2.27. The summed E-state index contributed by atoms with van der Waals surface area (Å²) in [7, 11) is 2.80. The molecule has 0 fully saturated rings. The smallest absolute Gasteiger partial charge is 0.336 e. The van der Waals surface area contributed by atoms with Crippen LogP contribution in [0.1, 0.15) is 65.4 Å². The molecule has 8 rings (SSSR count). The number of primary amides is 2. The van der Waals surface area contributed by atoms with Crippen molar-refractivity contribution in [3.8, 4) is 34.3 Å². The van der Waals surface area contributed by atoms with Crippen molar-refractivity contribution in [3.05, 3.63) is 94.0 Å². The van der Waals surface area contributed by atoms with Gasteiger partial charge in [0.05, 0.1) is 47.5 Å². The Balaban J connectivity index is 1.54. The third-order valence-electron chi connectivity index (χ3n) is 9.53. The molecule has 4 aromatic carbocycles. The Morgan fingerprint density at radius 1 is 0.615 bits per heavy atom. The number of carbonyl (C=O) groups excluding carboxylic acids is 2. The van der Waals surface area contributed by atoms with Crippen LogP contribution in [0.25, 0.3) is 44.8 Å². The molecule has 52 heavy (non-hydrogen) atoms. The van der Waals surface area contributed by atoms with Crippen molar-refractivity contribution in [2.45, 2.75) is 38.8 Å². The molecule has 6 aromatic rings. The summed E-state index contributed by atoms with van der Waals surface area (Å²) in [5.74, 6) is -2.81. The number of hydrogen-bond acceptors (Lipinski definition) is 8. The highest BCUT2D eigenvalue weighted by molar-refractivity contribution is 6.04. The maximum absolute atomic E-state index is 12.8. The van der Waals surface area contributed by atoms with E-state index >= 15 is 0 Å². The van der Waals surface area contributed by atoms with Gasteiger partial charge in [0.1, 0.15) is 22.7 Å². The summed E-state index contributed by atoms with van der Waals surface area (Å²) in [5.41, 5.74) is 15.8. The number of hydrogen-bond donors (Lipinski definition) is 4. The monoisotopic (exact) mass is 702 g/mol. The summed E-state index contributed by atoms with van der Waals surface area (Å²) in [4.78, 5) is 59.9. The van der Waals surface area contributed by atoms with E-state index in [9.17, 15) is 29.4 Å². The average molecular weight is 703 g/mol. The SMILES string of the molecule is COc1c(C(N)=O)ccc2c1nc1n2CCn2c(nc3c(OC)c(C(N)=O)ccc32)-c2cc(ccc2C(=O)O)CCCCc2ccc-1c(C(=O)O)c2. The summed E-state index contributed by atoms with van der Waals surface area (Å²) < 4.78 is 14.9. The fraction of sp³-hybridized carbons (Fsp3) is 0.211. The van der Waals surface area contributed by atoms with E-state index in [1.807, 2.05) is 21.3 Å². The standard InChI is InChI=1S/C38H34N6O8/c1-51-31-23(33(39)45)11-13-27-29(31)41-35-21-9-7-20(18-26(21)38(49)50)6-4-3-5-19-8-10-22(37(47)48)25(17-19)36-42-30-28(44(36)16-15-43(27)35)14-12-24(34(40)46)32(30)52-2/h7-14,17-18H,3-6,15-16H2,1-2H3,(H2,39,45)(H2,40,46)(H,47,48)(H,49,50). The van der Waals surface area contributed by atoms with Gasteiger partial charge in [0, 0.05) is 24.2 Å². The number of benzene rings is 4.